The van der Waals surface area contributed by atoms with Gasteiger partial charge in [-0.15, -0.1) is 0 Å². The lowest BCUT2D eigenvalue weighted by atomic mass is 10.1. The number of H-pyrrole nitrogens is 1. The van der Waals surface area contributed by atoms with Crippen LogP contribution in [0.25, 0.3) is 0 Å². The fourth-order valence-electron chi connectivity index (χ4n) is 3.50. The normalized spacial score (nSPS) is 10.9. The standard InChI is InChI=1S/C25H31N5O3/c1-17(2)13-14-29(16-21(31)27-20-11-9-18(3)10-12-20)22-23(26)30(25(33)28-24(22)32)15-19-7-5-4-6-8-19/h4-12,17H,13-16,26H2,1-3H3,(H,27,31)(H,28,32,33). The summed E-state index contributed by atoms with van der Waals surface area (Å²) in [4.78, 5) is 42.2. The van der Waals surface area contributed by atoms with Crippen molar-refractivity contribution in [2.45, 2.75) is 33.7 Å². The molecule has 0 aliphatic rings. The molecule has 8 nitrogen and oxygen atoms in total. The van der Waals surface area contributed by atoms with E-state index < -0.39 is 11.2 Å². The van der Waals surface area contributed by atoms with Crippen LogP contribution in [0.3, 0.4) is 0 Å². The van der Waals surface area contributed by atoms with Gasteiger partial charge < -0.3 is 16.0 Å². The van der Waals surface area contributed by atoms with Crippen LogP contribution in [-0.2, 0) is 11.3 Å². The van der Waals surface area contributed by atoms with Gasteiger partial charge in [0.2, 0.25) is 5.91 Å². The second kappa shape index (κ2) is 10.7. The molecule has 3 aromatic rings. The van der Waals surface area contributed by atoms with Gasteiger partial charge in [-0.05, 0) is 37.0 Å². The second-order valence-corrected chi connectivity index (χ2v) is 8.58. The lowest BCUT2D eigenvalue weighted by Crippen LogP contribution is -2.42. The summed E-state index contributed by atoms with van der Waals surface area (Å²) in [6.07, 6.45) is 0.745. The maximum atomic E-state index is 12.8. The number of carbonyl (C=O) groups is 1. The number of nitrogens with zero attached hydrogens (tertiary/aromatic N) is 2. The van der Waals surface area contributed by atoms with E-state index in [1.54, 1.807) is 4.90 Å². The fraction of sp³-hybridized carbons (Fsp3) is 0.320. The average Bonchev–Trinajstić information content (AvgIpc) is 2.77. The molecule has 4 N–H and O–H groups in total. The predicted molar refractivity (Wildman–Crippen MR) is 133 cm³/mol. The number of amides is 1. The molecule has 0 saturated heterocycles. The number of carbonyl (C=O) groups excluding carboxylic acids is 1. The van der Waals surface area contributed by atoms with E-state index in [1.165, 1.54) is 4.57 Å². The Bertz CT molecular complexity index is 1200. The Morgan fingerprint density at radius 1 is 1.09 bits per heavy atom. The van der Waals surface area contributed by atoms with Crippen LogP contribution in [0.4, 0.5) is 17.2 Å². The first-order valence-corrected chi connectivity index (χ1v) is 11.0. The predicted octanol–water partition coefficient (Wildman–Crippen LogP) is 2.97. The molecule has 0 atom stereocenters. The number of aryl methyl sites for hydroxylation is 1. The number of rotatable bonds is 9. The molecule has 1 amide bonds. The molecule has 174 valence electrons. The van der Waals surface area contributed by atoms with Gasteiger partial charge in [0.1, 0.15) is 11.5 Å². The van der Waals surface area contributed by atoms with Gasteiger partial charge in [-0.25, -0.2) is 4.79 Å². The Kier molecular flexibility index (Phi) is 7.71. The van der Waals surface area contributed by atoms with Crippen LogP contribution in [0, 0.1) is 12.8 Å². The smallest absolute Gasteiger partial charge is 0.330 e. The summed E-state index contributed by atoms with van der Waals surface area (Å²) in [6.45, 7) is 6.68. The first-order valence-electron chi connectivity index (χ1n) is 11.0. The zero-order valence-electron chi connectivity index (χ0n) is 19.3. The first kappa shape index (κ1) is 23.8. The third-order valence-corrected chi connectivity index (χ3v) is 5.36. The third-order valence-electron chi connectivity index (χ3n) is 5.36. The molecule has 0 aliphatic carbocycles. The van der Waals surface area contributed by atoms with Crippen molar-refractivity contribution in [3.63, 3.8) is 0 Å². The van der Waals surface area contributed by atoms with E-state index >= 15 is 0 Å². The molecule has 1 aromatic heterocycles. The van der Waals surface area contributed by atoms with Crippen molar-refractivity contribution in [3.8, 4) is 0 Å². The largest absolute Gasteiger partial charge is 0.383 e. The number of benzene rings is 2. The summed E-state index contributed by atoms with van der Waals surface area (Å²) in [5, 5.41) is 2.86. The van der Waals surface area contributed by atoms with Gasteiger partial charge in [0.15, 0.2) is 0 Å². The van der Waals surface area contributed by atoms with Crippen molar-refractivity contribution in [3.05, 3.63) is 86.6 Å². The topological polar surface area (TPSA) is 113 Å². The van der Waals surface area contributed by atoms with Crippen molar-refractivity contribution in [2.24, 2.45) is 5.92 Å². The van der Waals surface area contributed by atoms with Crippen LogP contribution in [0.15, 0.2) is 64.2 Å². The van der Waals surface area contributed by atoms with Crippen molar-refractivity contribution in [1.82, 2.24) is 9.55 Å². The number of aromatic nitrogens is 2. The SMILES string of the molecule is Cc1ccc(NC(=O)CN(CCC(C)C)c2c(N)n(Cc3ccccc3)c(=O)[nH]c2=O)cc1. The van der Waals surface area contributed by atoms with Gasteiger partial charge >= 0.3 is 5.69 Å². The molecule has 0 radical (unpaired) electrons. The summed E-state index contributed by atoms with van der Waals surface area (Å²) >= 11 is 0. The summed E-state index contributed by atoms with van der Waals surface area (Å²) in [7, 11) is 0. The van der Waals surface area contributed by atoms with Gasteiger partial charge in [0, 0.05) is 12.2 Å². The van der Waals surface area contributed by atoms with Crippen molar-refractivity contribution < 1.29 is 4.79 Å². The molecule has 2 aromatic carbocycles. The molecular weight excluding hydrogens is 418 g/mol. The zero-order chi connectivity index (χ0) is 24.0. The van der Waals surface area contributed by atoms with E-state index in [9.17, 15) is 14.4 Å². The van der Waals surface area contributed by atoms with Gasteiger partial charge in [0.05, 0.1) is 13.1 Å². The van der Waals surface area contributed by atoms with E-state index in [0.717, 1.165) is 17.5 Å². The molecule has 1 heterocycles. The molecule has 33 heavy (non-hydrogen) atoms. The van der Waals surface area contributed by atoms with E-state index in [-0.39, 0.29) is 30.5 Å². The van der Waals surface area contributed by atoms with Crippen LogP contribution in [0.2, 0.25) is 0 Å². The number of aromatic amines is 1. The van der Waals surface area contributed by atoms with Gasteiger partial charge in [-0.3, -0.25) is 19.1 Å². The minimum Gasteiger partial charge on any atom is -0.383 e. The minimum absolute atomic E-state index is 0.0412. The number of nitrogens with one attached hydrogen (secondary N) is 2. The zero-order valence-corrected chi connectivity index (χ0v) is 19.3. The van der Waals surface area contributed by atoms with Crippen LogP contribution >= 0.6 is 0 Å². The van der Waals surface area contributed by atoms with Crippen molar-refractivity contribution in [2.75, 3.05) is 29.0 Å². The van der Waals surface area contributed by atoms with E-state index in [4.69, 9.17) is 5.73 Å². The van der Waals surface area contributed by atoms with Crippen molar-refractivity contribution >= 4 is 23.1 Å². The maximum Gasteiger partial charge on any atom is 0.330 e. The minimum atomic E-state index is -0.603. The molecule has 0 aliphatic heterocycles. The first-order chi connectivity index (χ1) is 15.7. The number of hydrogen-bond donors (Lipinski definition) is 3. The second-order valence-electron chi connectivity index (χ2n) is 8.58. The summed E-state index contributed by atoms with van der Waals surface area (Å²) < 4.78 is 1.33. The molecule has 0 unspecified atom stereocenters. The van der Waals surface area contributed by atoms with Crippen LogP contribution < -0.4 is 27.2 Å². The Hall–Kier alpha value is -3.81. The Morgan fingerprint density at radius 2 is 1.76 bits per heavy atom. The van der Waals surface area contributed by atoms with Crippen LogP contribution in [0.5, 0.6) is 0 Å². The maximum absolute atomic E-state index is 12.8. The highest BCUT2D eigenvalue weighted by Crippen LogP contribution is 2.19. The highest BCUT2D eigenvalue weighted by molar-refractivity contribution is 5.94. The van der Waals surface area contributed by atoms with Crippen LogP contribution in [0.1, 0.15) is 31.4 Å². The molecular formula is C25H31N5O3. The van der Waals surface area contributed by atoms with E-state index in [2.05, 4.69) is 24.1 Å². The van der Waals surface area contributed by atoms with Gasteiger partial charge in [-0.1, -0.05) is 61.9 Å². The average molecular weight is 450 g/mol. The van der Waals surface area contributed by atoms with E-state index in [0.29, 0.717) is 18.2 Å². The van der Waals surface area contributed by atoms with Gasteiger partial charge in [-0.2, -0.15) is 0 Å². The fourth-order valence-corrected chi connectivity index (χ4v) is 3.50. The Labute approximate surface area is 193 Å². The number of nitrogens with two attached hydrogens (primary N) is 1. The summed E-state index contributed by atoms with van der Waals surface area (Å²) in [5.41, 5.74) is 7.93. The molecule has 0 bridgehead atoms. The quantitative estimate of drug-likeness (QED) is 0.465. The summed E-state index contributed by atoms with van der Waals surface area (Å²) in [6, 6.07) is 16.8. The third kappa shape index (κ3) is 6.35. The number of anilines is 3. The lowest BCUT2D eigenvalue weighted by molar-refractivity contribution is -0.115. The number of nitrogen functional groups attached to an aromatic ring is 1. The highest BCUT2D eigenvalue weighted by Gasteiger charge is 2.21. The molecule has 0 spiro atoms. The summed E-state index contributed by atoms with van der Waals surface area (Å²) in [5.74, 6) is 0.116. The molecule has 8 heteroatoms. The van der Waals surface area contributed by atoms with Crippen molar-refractivity contribution in [1.29, 1.82) is 0 Å². The molecule has 3 rings (SSSR count). The van der Waals surface area contributed by atoms with Crippen LogP contribution in [-0.4, -0.2) is 28.5 Å². The number of hydrogen-bond acceptors (Lipinski definition) is 5. The monoisotopic (exact) mass is 449 g/mol. The Balaban J connectivity index is 1.92. The highest BCUT2D eigenvalue weighted by atomic mass is 16.2. The van der Waals surface area contributed by atoms with E-state index in [1.807, 2.05) is 61.5 Å². The molecule has 0 saturated carbocycles. The molecule has 0 fully saturated rings. The lowest BCUT2D eigenvalue weighted by Gasteiger charge is -2.26. The Morgan fingerprint density at radius 3 is 2.39 bits per heavy atom. The van der Waals surface area contributed by atoms with Gasteiger partial charge in [0.25, 0.3) is 5.56 Å².